The minimum Gasteiger partial charge on any atom is -0.481 e. The smallest absolute Gasteiger partial charge is 0.305 e. The maximum absolute atomic E-state index is 12.8. The Morgan fingerprint density at radius 2 is 1.88 bits per heavy atom. The molecule has 0 bridgehead atoms. The van der Waals surface area contributed by atoms with Gasteiger partial charge in [0, 0.05) is 32.7 Å². The van der Waals surface area contributed by atoms with Crippen LogP contribution in [-0.4, -0.2) is 55.4 Å². The van der Waals surface area contributed by atoms with Gasteiger partial charge >= 0.3 is 5.97 Å². The average Bonchev–Trinajstić information content (AvgIpc) is 2.88. The van der Waals surface area contributed by atoms with Crippen molar-refractivity contribution in [3.8, 4) is 0 Å². The predicted octanol–water partition coefficient (Wildman–Crippen LogP) is 2.07. The molecule has 0 aliphatic carbocycles. The average molecular weight is 385 g/mol. The standard InChI is InChI=1S/C16H23N3O6S/c1-17(11-8-16(20)21)14-7-6-13(12-15(14)19(22)23)26(24,25)18-9-4-2-3-5-10-18/h6-7,12H,2-5,8-11H2,1H3,(H,20,21). The van der Waals surface area contributed by atoms with Crippen molar-refractivity contribution in [2.24, 2.45) is 0 Å². The molecule has 0 unspecified atom stereocenters. The van der Waals surface area contributed by atoms with E-state index in [2.05, 4.69) is 0 Å². The second-order valence-electron chi connectivity index (χ2n) is 6.29. The number of hydrogen-bond donors (Lipinski definition) is 1. The van der Waals surface area contributed by atoms with Gasteiger partial charge in [0.1, 0.15) is 5.69 Å². The zero-order valence-corrected chi connectivity index (χ0v) is 15.4. The molecule has 1 aliphatic rings. The Labute approximate surface area is 152 Å². The van der Waals surface area contributed by atoms with Crippen molar-refractivity contribution in [2.75, 3.05) is 31.6 Å². The molecule has 0 spiro atoms. The van der Waals surface area contributed by atoms with Crippen molar-refractivity contribution in [1.82, 2.24) is 4.31 Å². The number of nitro benzene ring substituents is 1. The Balaban J connectivity index is 2.34. The van der Waals surface area contributed by atoms with Crippen LogP contribution in [0, 0.1) is 10.1 Å². The summed E-state index contributed by atoms with van der Waals surface area (Å²) in [6, 6.07) is 3.78. The molecule has 1 heterocycles. The summed E-state index contributed by atoms with van der Waals surface area (Å²) in [6.45, 7) is 0.904. The Kier molecular flexibility index (Phi) is 6.54. The van der Waals surface area contributed by atoms with Crippen molar-refractivity contribution in [3.05, 3.63) is 28.3 Å². The predicted molar refractivity (Wildman–Crippen MR) is 95.8 cm³/mol. The minimum absolute atomic E-state index is 0.0778. The maximum atomic E-state index is 12.8. The first-order valence-corrected chi connectivity index (χ1v) is 9.89. The molecule has 1 aromatic carbocycles. The summed E-state index contributed by atoms with van der Waals surface area (Å²) in [6.07, 6.45) is 3.31. The minimum atomic E-state index is -3.79. The SMILES string of the molecule is CN(CCC(=O)O)c1ccc(S(=O)(=O)N2CCCCCC2)cc1[N+](=O)[O-]. The van der Waals surface area contributed by atoms with E-state index in [0.29, 0.717) is 13.1 Å². The molecule has 1 aliphatic heterocycles. The number of nitrogens with zero attached hydrogens (tertiary/aromatic N) is 3. The summed E-state index contributed by atoms with van der Waals surface area (Å²) in [7, 11) is -2.26. The van der Waals surface area contributed by atoms with E-state index in [1.807, 2.05) is 0 Å². The molecule has 144 valence electrons. The van der Waals surface area contributed by atoms with Crippen LogP contribution < -0.4 is 4.90 Å². The van der Waals surface area contributed by atoms with Crippen molar-refractivity contribution in [3.63, 3.8) is 0 Å². The van der Waals surface area contributed by atoms with E-state index in [9.17, 15) is 23.3 Å². The summed E-state index contributed by atoms with van der Waals surface area (Å²) in [5.74, 6) is -1.01. The van der Waals surface area contributed by atoms with Crippen LogP contribution in [0.3, 0.4) is 0 Å². The molecule has 0 radical (unpaired) electrons. The summed E-state index contributed by atoms with van der Waals surface area (Å²) in [5, 5.41) is 20.2. The fraction of sp³-hybridized carbons (Fsp3) is 0.562. The van der Waals surface area contributed by atoms with Gasteiger partial charge in [-0.05, 0) is 25.0 Å². The lowest BCUT2D eigenvalue weighted by Crippen LogP contribution is -2.32. The number of aliphatic carboxylic acids is 1. The molecule has 0 saturated carbocycles. The van der Waals surface area contributed by atoms with E-state index >= 15 is 0 Å². The van der Waals surface area contributed by atoms with Crippen LogP contribution in [0.4, 0.5) is 11.4 Å². The molecule has 0 aromatic heterocycles. The van der Waals surface area contributed by atoms with Gasteiger partial charge < -0.3 is 10.0 Å². The summed E-state index contributed by atoms with van der Waals surface area (Å²) in [5.41, 5.74) is -0.167. The lowest BCUT2D eigenvalue weighted by molar-refractivity contribution is -0.384. The van der Waals surface area contributed by atoms with E-state index in [0.717, 1.165) is 31.7 Å². The normalized spacial score (nSPS) is 16.0. The largest absolute Gasteiger partial charge is 0.481 e. The van der Waals surface area contributed by atoms with Gasteiger partial charge in [-0.3, -0.25) is 14.9 Å². The molecular formula is C16H23N3O6S. The van der Waals surface area contributed by atoms with Gasteiger partial charge in [-0.15, -0.1) is 0 Å². The highest BCUT2D eigenvalue weighted by molar-refractivity contribution is 7.89. The van der Waals surface area contributed by atoms with Crippen LogP contribution in [-0.2, 0) is 14.8 Å². The maximum Gasteiger partial charge on any atom is 0.305 e. The monoisotopic (exact) mass is 385 g/mol. The Hall–Kier alpha value is -2.20. The third-order valence-corrected chi connectivity index (χ3v) is 6.31. The summed E-state index contributed by atoms with van der Waals surface area (Å²) in [4.78, 5) is 22.8. The number of nitro groups is 1. The summed E-state index contributed by atoms with van der Waals surface area (Å²) < 4.78 is 27.0. The zero-order chi connectivity index (χ0) is 19.3. The number of rotatable bonds is 7. The van der Waals surface area contributed by atoms with Gasteiger partial charge in [0.25, 0.3) is 5.69 Å². The van der Waals surface area contributed by atoms with E-state index in [-0.39, 0.29) is 29.2 Å². The molecule has 1 aromatic rings. The third kappa shape index (κ3) is 4.70. The van der Waals surface area contributed by atoms with E-state index < -0.39 is 20.9 Å². The fourth-order valence-electron chi connectivity index (χ4n) is 2.95. The number of carboxylic acids is 1. The highest BCUT2D eigenvalue weighted by Gasteiger charge is 2.28. The highest BCUT2D eigenvalue weighted by Crippen LogP contribution is 2.32. The molecule has 1 N–H and O–H groups in total. The Morgan fingerprint density at radius 3 is 2.42 bits per heavy atom. The number of sulfonamides is 1. The first kappa shape index (κ1) is 20.1. The molecule has 2 rings (SSSR count). The third-order valence-electron chi connectivity index (χ3n) is 4.42. The van der Waals surface area contributed by atoms with Crippen molar-refractivity contribution in [2.45, 2.75) is 37.0 Å². The van der Waals surface area contributed by atoms with Gasteiger partial charge in [-0.25, -0.2) is 8.42 Å². The first-order valence-electron chi connectivity index (χ1n) is 8.45. The zero-order valence-electron chi connectivity index (χ0n) is 14.6. The number of carboxylic acid groups (broad SMARTS) is 1. The van der Waals surface area contributed by atoms with Gasteiger partial charge in [-0.2, -0.15) is 4.31 Å². The topological polar surface area (TPSA) is 121 Å². The number of anilines is 1. The van der Waals surface area contributed by atoms with Crippen LogP contribution in [0.2, 0.25) is 0 Å². The fourth-order valence-corrected chi connectivity index (χ4v) is 4.49. The van der Waals surface area contributed by atoms with Gasteiger partial charge in [0.05, 0.1) is 16.2 Å². The van der Waals surface area contributed by atoms with Crippen LogP contribution >= 0.6 is 0 Å². The number of benzene rings is 1. The molecule has 26 heavy (non-hydrogen) atoms. The lowest BCUT2D eigenvalue weighted by Gasteiger charge is -2.21. The van der Waals surface area contributed by atoms with Crippen LogP contribution in [0.1, 0.15) is 32.1 Å². The van der Waals surface area contributed by atoms with E-state index in [1.165, 1.54) is 28.4 Å². The number of hydrogen-bond acceptors (Lipinski definition) is 6. The second-order valence-corrected chi connectivity index (χ2v) is 8.23. The van der Waals surface area contributed by atoms with Crippen LogP contribution in [0.15, 0.2) is 23.1 Å². The van der Waals surface area contributed by atoms with Crippen LogP contribution in [0.5, 0.6) is 0 Å². The van der Waals surface area contributed by atoms with E-state index in [1.54, 1.807) is 0 Å². The van der Waals surface area contributed by atoms with Crippen LogP contribution in [0.25, 0.3) is 0 Å². The molecule has 1 saturated heterocycles. The van der Waals surface area contributed by atoms with Gasteiger partial charge in [0.15, 0.2) is 0 Å². The molecule has 1 fully saturated rings. The first-order chi connectivity index (χ1) is 12.2. The van der Waals surface area contributed by atoms with Crippen molar-refractivity contribution in [1.29, 1.82) is 0 Å². The Morgan fingerprint density at radius 1 is 1.27 bits per heavy atom. The molecular weight excluding hydrogens is 362 g/mol. The quantitative estimate of drug-likeness (QED) is 0.563. The van der Waals surface area contributed by atoms with Gasteiger partial charge in [0.2, 0.25) is 10.0 Å². The molecule has 9 nitrogen and oxygen atoms in total. The Bertz CT molecular complexity index is 772. The van der Waals surface area contributed by atoms with Crippen molar-refractivity contribution >= 4 is 27.4 Å². The molecule has 10 heteroatoms. The van der Waals surface area contributed by atoms with E-state index in [4.69, 9.17) is 5.11 Å². The van der Waals surface area contributed by atoms with Crippen molar-refractivity contribution < 1.29 is 23.2 Å². The van der Waals surface area contributed by atoms with Gasteiger partial charge in [-0.1, -0.05) is 12.8 Å². The summed E-state index contributed by atoms with van der Waals surface area (Å²) >= 11 is 0. The number of carbonyl (C=O) groups is 1. The molecule has 0 atom stereocenters. The second kappa shape index (κ2) is 8.45. The highest BCUT2D eigenvalue weighted by atomic mass is 32.2. The lowest BCUT2D eigenvalue weighted by atomic mass is 10.2. The molecule has 0 amide bonds.